The molecule has 49 heavy (non-hydrogen) atoms. The second-order valence-electron chi connectivity index (χ2n) is 12.1. The minimum absolute atomic E-state index is 0.632. The van der Waals surface area contributed by atoms with Crippen LogP contribution in [-0.4, -0.2) is 19.5 Å². The van der Waals surface area contributed by atoms with Gasteiger partial charge in [0, 0.05) is 33.2 Å². The molecule has 9 rings (SSSR count). The highest BCUT2D eigenvalue weighted by molar-refractivity contribution is 6.11. The van der Waals surface area contributed by atoms with Crippen LogP contribution in [0.5, 0.6) is 0 Å². The summed E-state index contributed by atoms with van der Waals surface area (Å²) in [6.45, 7) is 0. The minimum Gasteiger partial charge on any atom is -0.309 e. The molecule has 4 nitrogen and oxygen atoms in total. The molecule has 4 heteroatoms. The Morgan fingerprint density at radius 1 is 0.286 bits per heavy atom. The quantitative estimate of drug-likeness (QED) is 0.184. The molecule has 0 spiro atoms. The van der Waals surface area contributed by atoms with Gasteiger partial charge in [-0.3, -0.25) is 0 Å². The lowest BCUT2D eigenvalue weighted by Crippen LogP contribution is -2.01. The number of rotatable bonds is 6. The molecule has 0 amide bonds. The first-order valence-corrected chi connectivity index (χ1v) is 16.5. The molecule has 0 unspecified atom stereocenters. The van der Waals surface area contributed by atoms with Gasteiger partial charge < -0.3 is 4.57 Å². The summed E-state index contributed by atoms with van der Waals surface area (Å²) in [5.41, 5.74) is 10.9. The van der Waals surface area contributed by atoms with Gasteiger partial charge in [-0.15, -0.1) is 0 Å². The van der Waals surface area contributed by atoms with E-state index in [0.29, 0.717) is 17.5 Å². The molecule has 0 aliphatic heterocycles. The Kier molecular flexibility index (Phi) is 7.10. The van der Waals surface area contributed by atoms with Gasteiger partial charge in [0.1, 0.15) is 0 Å². The number of benzene rings is 7. The SMILES string of the molecule is c1ccc(-c2ccc3c(c2)c2cc(-c4ccccc4)ccc2n3-c2cccc(-c3nc(-c4ccccc4)nc(-c4ccccc4)n3)c2)cc1. The maximum Gasteiger partial charge on any atom is 0.164 e. The normalized spacial score (nSPS) is 11.3. The molecule has 0 bridgehead atoms. The third-order valence-electron chi connectivity index (χ3n) is 9.04. The predicted molar refractivity (Wildman–Crippen MR) is 201 cm³/mol. The van der Waals surface area contributed by atoms with E-state index in [-0.39, 0.29) is 0 Å². The van der Waals surface area contributed by atoms with Gasteiger partial charge in [0.25, 0.3) is 0 Å². The Labute approximate surface area is 284 Å². The molecule has 7 aromatic carbocycles. The van der Waals surface area contributed by atoms with Gasteiger partial charge in [0.15, 0.2) is 17.5 Å². The summed E-state index contributed by atoms with van der Waals surface area (Å²) >= 11 is 0. The molecule has 2 heterocycles. The average Bonchev–Trinajstić information content (AvgIpc) is 3.52. The van der Waals surface area contributed by atoms with Gasteiger partial charge in [0.05, 0.1) is 11.0 Å². The molecule has 0 aliphatic carbocycles. The van der Waals surface area contributed by atoms with Crippen molar-refractivity contribution in [1.82, 2.24) is 19.5 Å². The number of hydrogen-bond acceptors (Lipinski definition) is 3. The van der Waals surface area contributed by atoms with Crippen molar-refractivity contribution in [1.29, 1.82) is 0 Å². The van der Waals surface area contributed by atoms with Crippen LogP contribution in [0.25, 0.3) is 83.9 Å². The summed E-state index contributed by atoms with van der Waals surface area (Å²) < 4.78 is 2.36. The van der Waals surface area contributed by atoms with Crippen LogP contribution >= 0.6 is 0 Å². The number of hydrogen-bond donors (Lipinski definition) is 0. The standard InChI is InChI=1S/C45H30N4/c1-5-14-31(15-6-1)35-24-26-41-39(29-35)40-30-36(32-16-7-2-8-17-32)25-27-42(40)49(41)38-23-13-22-37(28-38)45-47-43(33-18-9-3-10-19-33)46-44(48-45)34-20-11-4-12-21-34/h1-30H. The molecule has 0 saturated heterocycles. The lowest BCUT2D eigenvalue weighted by Gasteiger charge is -2.12. The zero-order valence-corrected chi connectivity index (χ0v) is 26.6. The maximum absolute atomic E-state index is 5.01. The first-order chi connectivity index (χ1) is 24.3. The number of aromatic nitrogens is 4. The van der Waals surface area contributed by atoms with Crippen molar-refractivity contribution in [2.75, 3.05) is 0 Å². The second kappa shape index (κ2) is 12.2. The highest BCUT2D eigenvalue weighted by atomic mass is 15.0. The van der Waals surface area contributed by atoms with Crippen LogP contribution in [-0.2, 0) is 0 Å². The van der Waals surface area contributed by atoms with Crippen LogP contribution in [0, 0.1) is 0 Å². The van der Waals surface area contributed by atoms with Crippen LogP contribution in [0.2, 0.25) is 0 Å². The van der Waals surface area contributed by atoms with E-state index >= 15 is 0 Å². The van der Waals surface area contributed by atoms with Gasteiger partial charge in [-0.25, -0.2) is 15.0 Å². The summed E-state index contributed by atoms with van der Waals surface area (Å²) in [5.74, 6) is 1.93. The Bertz CT molecular complexity index is 2420. The minimum atomic E-state index is 0.632. The molecular formula is C45H30N4. The predicted octanol–water partition coefficient (Wildman–Crippen LogP) is 11.3. The fourth-order valence-electron chi connectivity index (χ4n) is 6.64. The van der Waals surface area contributed by atoms with E-state index in [2.05, 4.69) is 126 Å². The van der Waals surface area contributed by atoms with Crippen LogP contribution in [0.1, 0.15) is 0 Å². The van der Waals surface area contributed by atoms with Crippen LogP contribution in [0.15, 0.2) is 182 Å². The van der Waals surface area contributed by atoms with Gasteiger partial charge >= 0.3 is 0 Å². The highest BCUT2D eigenvalue weighted by Crippen LogP contribution is 2.38. The molecule has 0 atom stereocenters. The molecule has 0 fully saturated rings. The highest BCUT2D eigenvalue weighted by Gasteiger charge is 2.17. The third kappa shape index (κ3) is 5.35. The summed E-state index contributed by atoms with van der Waals surface area (Å²) in [5, 5.41) is 2.41. The number of nitrogens with zero attached hydrogens (tertiary/aromatic N) is 4. The molecule has 230 valence electrons. The lowest BCUT2D eigenvalue weighted by molar-refractivity contribution is 1.07. The summed E-state index contributed by atoms with van der Waals surface area (Å²) in [7, 11) is 0. The third-order valence-corrected chi connectivity index (χ3v) is 9.04. The zero-order chi connectivity index (χ0) is 32.6. The lowest BCUT2D eigenvalue weighted by atomic mass is 10.0. The average molecular weight is 627 g/mol. The van der Waals surface area contributed by atoms with Crippen molar-refractivity contribution in [2.45, 2.75) is 0 Å². The monoisotopic (exact) mass is 626 g/mol. The van der Waals surface area contributed by atoms with E-state index in [0.717, 1.165) is 33.4 Å². The van der Waals surface area contributed by atoms with E-state index in [9.17, 15) is 0 Å². The van der Waals surface area contributed by atoms with Crippen molar-refractivity contribution < 1.29 is 0 Å². The Balaban J connectivity index is 1.24. The summed E-state index contributed by atoms with van der Waals surface area (Å²) in [6, 6.07) is 63.5. The van der Waals surface area contributed by atoms with Gasteiger partial charge in [-0.2, -0.15) is 0 Å². The molecular weight excluding hydrogens is 597 g/mol. The van der Waals surface area contributed by atoms with E-state index in [4.69, 9.17) is 15.0 Å². The molecule has 0 radical (unpaired) electrons. The van der Waals surface area contributed by atoms with Gasteiger partial charge in [0.2, 0.25) is 0 Å². The molecule has 2 aromatic heterocycles. The largest absolute Gasteiger partial charge is 0.309 e. The summed E-state index contributed by atoms with van der Waals surface area (Å²) in [4.78, 5) is 14.9. The first kappa shape index (κ1) is 28.6. The molecule has 9 aromatic rings. The van der Waals surface area contributed by atoms with Crippen molar-refractivity contribution in [3.63, 3.8) is 0 Å². The van der Waals surface area contributed by atoms with Gasteiger partial charge in [-0.05, 0) is 58.7 Å². The Morgan fingerprint density at radius 2 is 0.673 bits per heavy atom. The van der Waals surface area contributed by atoms with Crippen molar-refractivity contribution >= 4 is 21.8 Å². The van der Waals surface area contributed by atoms with E-state index < -0.39 is 0 Å². The van der Waals surface area contributed by atoms with Crippen LogP contribution in [0.4, 0.5) is 0 Å². The van der Waals surface area contributed by atoms with Crippen LogP contribution in [0.3, 0.4) is 0 Å². The number of fused-ring (bicyclic) bond motifs is 3. The van der Waals surface area contributed by atoms with E-state index in [1.165, 1.54) is 33.0 Å². The summed E-state index contributed by atoms with van der Waals surface area (Å²) in [6.07, 6.45) is 0. The molecule has 0 aliphatic rings. The van der Waals surface area contributed by atoms with E-state index in [1.54, 1.807) is 0 Å². The Morgan fingerprint density at radius 3 is 1.12 bits per heavy atom. The maximum atomic E-state index is 5.01. The fraction of sp³-hybridized carbons (Fsp3) is 0. The smallest absolute Gasteiger partial charge is 0.164 e. The van der Waals surface area contributed by atoms with E-state index in [1.807, 2.05) is 60.7 Å². The molecule has 0 saturated carbocycles. The van der Waals surface area contributed by atoms with Crippen molar-refractivity contribution in [2.24, 2.45) is 0 Å². The van der Waals surface area contributed by atoms with Crippen molar-refractivity contribution in [3.05, 3.63) is 182 Å². The second-order valence-corrected chi connectivity index (χ2v) is 12.1. The van der Waals surface area contributed by atoms with Crippen LogP contribution < -0.4 is 0 Å². The first-order valence-electron chi connectivity index (χ1n) is 16.5. The fourth-order valence-corrected chi connectivity index (χ4v) is 6.64. The topological polar surface area (TPSA) is 43.6 Å². The Hall–Kier alpha value is -6.65. The van der Waals surface area contributed by atoms with Crippen molar-refractivity contribution in [3.8, 4) is 62.1 Å². The molecule has 0 N–H and O–H groups in total. The van der Waals surface area contributed by atoms with Gasteiger partial charge in [-0.1, -0.05) is 146 Å². The zero-order valence-electron chi connectivity index (χ0n) is 26.6.